The molecule has 0 saturated carbocycles. The summed E-state index contributed by atoms with van der Waals surface area (Å²) in [6.07, 6.45) is -4.74. The topological polar surface area (TPSA) is 150 Å². The van der Waals surface area contributed by atoms with Crippen LogP contribution in [0.25, 0.3) is 10.9 Å². The van der Waals surface area contributed by atoms with Gasteiger partial charge in [0.15, 0.2) is 5.96 Å². The second-order valence-corrected chi connectivity index (χ2v) is 10.2. The molecular formula is C25H24F4IN7O4. The van der Waals surface area contributed by atoms with E-state index in [9.17, 15) is 31.9 Å². The highest BCUT2D eigenvalue weighted by Gasteiger charge is 2.32. The van der Waals surface area contributed by atoms with Crippen molar-refractivity contribution in [2.24, 2.45) is 4.99 Å². The van der Waals surface area contributed by atoms with Gasteiger partial charge in [-0.1, -0.05) is 0 Å². The van der Waals surface area contributed by atoms with E-state index >= 15 is 0 Å². The molecule has 4 rings (SSSR count). The number of H-pyrrole nitrogens is 1. The van der Waals surface area contributed by atoms with Crippen LogP contribution in [-0.4, -0.2) is 66.9 Å². The number of carbonyl (C=O) groups excluding carboxylic acids is 3. The molecule has 0 saturated heterocycles. The molecule has 1 aromatic heterocycles. The molecule has 0 bridgehead atoms. The molecule has 2 atom stereocenters. The Morgan fingerprint density at radius 3 is 2.66 bits per heavy atom. The molecule has 218 valence electrons. The predicted molar refractivity (Wildman–Crippen MR) is 149 cm³/mol. The van der Waals surface area contributed by atoms with Gasteiger partial charge in [-0.3, -0.25) is 19.5 Å². The molecule has 16 heteroatoms. The number of alkyl halides is 4. The van der Waals surface area contributed by atoms with Crippen molar-refractivity contribution in [1.29, 1.82) is 0 Å². The van der Waals surface area contributed by atoms with Gasteiger partial charge in [0.2, 0.25) is 5.91 Å². The van der Waals surface area contributed by atoms with Crippen LogP contribution in [0.2, 0.25) is 0 Å². The number of aromatic amines is 1. The number of nitrogens with zero attached hydrogens (tertiary/aromatic N) is 2. The van der Waals surface area contributed by atoms with Crippen molar-refractivity contribution >= 4 is 62.9 Å². The Kier molecular flexibility index (Phi) is 9.29. The van der Waals surface area contributed by atoms with Gasteiger partial charge in [-0.05, 0) is 58.5 Å². The summed E-state index contributed by atoms with van der Waals surface area (Å²) >= 11 is 1.71. The van der Waals surface area contributed by atoms with Crippen LogP contribution in [0.4, 0.5) is 23.2 Å². The number of amides is 2. The van der Waals surface area contributed by atoms with Crippen LogP contribution >= 0.6 is 22.6 Å². The maximum Gasteiger partial charge on any atom is 0.416 e. The third kappa shape index (κ3) is 7.83. The van der Waals surface area contributed by atoms with E-state index in [-0.39, 0.29) is 27.8 Å². The number of fused-ring (bicyclic) bond motifs is 1. The minimum atomic E-state index is -4.64. The summed E-state index contributed by atoms with van der Waals surface area (Å²) in [6.45, 7) is -0.479. The Bertz CT molecular complexity index is 1490. The second-order valence-electron chi connectivity index (χ2n) is 9.00. The van der Waals surface area contributed by atoms with E-state index in [2.05, 4.69) is 41.2 Å². The summed E-state index contributed by atoms with van der Waals surface area (Å²) in [4.78, 5) is 41.9. The molecule has 11 nitrogen and oxygen atoms in total. The Labute approximate surface area is 244 Å². The van der Waals surface area contributed by atoms with Crippen molar-refractivity contribution in [1.82, 2.24) is 26.1 Å². The van der Waals surface area contributed by atoms with Gasteiger partial charge in [0.25, 0.3) is 5.91 Å². The molecular weight excluding hydrogens is 665 g/mol. The van der Waals surface area contributed by atoms with E-state index in [4.69, 9.17) is 0 Å². The first-order valence-electron chi connectivity index (χ1n) is 12.1. The number of ether oxygens (including phenoxy) is 1. The van der Waals surface area contributed by atoms with Crippen molar-refractivity contribution in [2.45, 2.75) is 24.8 Å². The van der Waals surface area contributed by atoms with Crippen LogP contribution in [0.5, 0.6) is 0 Å². The molecule has 0 spiro atoms. The fraction of sp³-hybridized carbons (Fsp3) is 0.320. The minimum Gasteiger partial charge on any atom is -0.469 e. The molecule has 2 unspecified atom stereocenters. The number of hydrogen-bond acceptors (Lipinski definition) is 8. The lowest BCUT2D eigenvalue weighted by Crippen LogP contribution is -2.41. The van der Waals surface area contributed by atoms with E-state index < -0.39 is 54.7 Å². The summed E-state index contributed by atoms with van der Waals surface area (Å²) in [5.74, 6) is -1.82. The normalized spacial score (nSPS) is 15.9. The number of benzene rings is 2. The highest BCUT2D eigenvalue weighted by atomic mass is 127. The molecule has 0 radical (unpaired) electrons. The van der Waals surface area contributed by atoms with E-state index in [1.807, 2.05) is 0 Å². The molecule has 2 heterocycles. The maximum atomic E-state index is 13.4. The number of anilines is 1. The fourth-order valence-corrected chi connectivity index (χ4v) is 4.73. The number of nitrogens with one attached hydrogen (secondary N) is 5. The first-order valence-corrected chi connectivity index (χ1v) is 13.2. The average Bonchev–Trinajstić information content (AvgIpc) is 3.40. The first kappa shape index (κ1) is 30.0. The summed E-state index contributed by atoms with van der Waals surface area (Å²) in [5, 5.41) is 17.9. The number of rotatable bonds is 8. The Morgan fingerprint density at radius 2 is 1.98 bits per heavy atom. The van der Waals surface area contributed by atoms with Crippen LogP contribution in [0, 0.1) is 3.57 Å². The van der Waals surface area contributed by atoms with Crippen molar-refractivity contribution in [2.75, 3.05) is 32.1 Å². The molecule has 1 aliphatic heterocycles. The lowest BCUT2D eigenvalue weighted by molar-refractivity contribution is -0.141. The molecule has 0 fully saturated rings. The summed E-state index contributed by atoms with van der Waals surface area (Å²) in [6, 6.07) is 5.23. The molecule has 1 aliphatic rings. The SMILES string of the molecule is COC(=O)CC(NC(=O)CNC(=O)c1cc(NC2=NCC(F)CN2)cc2[nH]ncc12)c1cc(I)cc(C(F)(F)F)c1. The Hall–Kier alpha value is -3.96. The van der Waals surface area contributed by atoms with E-state index in [0.717, 1.165) is 19.2 Å². The zero-order valence-electron chi connectivity index (χ0n) is 21.4. The molecule has 2 amide bonds. The van der Waals surface area contributed by atoms with Crippen molar-refractivity contribution in [3.8, 4) is 0 Å². The lowest BCUT2D eigenvalue weighted by Gasteiger charge is -2.20. The van der Waals surface area contributed by atoms with Crippen molar-refractivity contribution in [3.05, 3.63) is 56.8 Å². The molecule has 5 N–H and O–H groups in total. The zero-order valence-corrected chi connectivity index (χ0v) is 23.5. The predicted octanol–water partition coefficient (Wildman–Crippen LogP) is 3.05. The monoisotopic (exact) mass is 689 g/mol. The number of carbonyl (C=O) groups is 3. The minimum absolute atomic E-state index is 0.0132. The highest BCUT2D eigenvalue weighted by molar-refractivity contribution is 14.1. The third-order valence-corrected chi connectivity index (χ3v) is 6.62. The van der Waals surface area contributed by atoms with Gasteiger partial charge in [-0.2, -0.15) is 18.3 Å². The molecule has 2 aromatic carbocycles. The quantitative estimate of drug-likeness (QED) is 0.139. The van der Waals surface area contributed by atoms with E-state index in [1.165, 1.54) is 18.3 Å². The lowest BCUT2D eigenvalue weighted by atomic mass is 10.0. The number of halogens is 5. The smallest absolute Gasteiger partial charge is 0.416 e. The Balaban J connectivity index is 1.48. The summed E-state index contributed by atoms with van der Waals surface area (Å²) in [7, 11) is 1.12. The standard InChI is InChI=1S/C25H24F4IN7O4/c1-41-22(39)7-19(12-2-13(25(27,28)29)4-15(30)3-12)36-21(38)11-31-23(40)17-5-16(6-20-18(17)10-34-37-20)35-24-32-8-14(26)9-33-24/h2-6,10,14,19H,7-9,11H2,1H3,(H,31,40)(H,34,37)(H,36,38)(H2,32,33,35). The van der Waals surface area contributed by atoms with Crippen molar-refractivity contribution in [3.63, 3.8) is 0 Å². The van der Waals surface area contributed by atoms with Gasteiger partial charge in [-0.25, -0.2) is 9.38 Å². The number of aliphatic imine (C=N–C) groups is 1. The number of guanidine groups is 1. The van der Waals surface area contributed by atoms with Gasteiger partial charge >= 0.3 is 12.1 Å². The van der Waals surface area contributed by atoms with Crippen LogP contribution in [0.15, 0.2) is 41.5 Å². The first-order chi connectivity index (χ1) is 19.4. The number of esters is 1. The number of methoxy groups -OCH3 is 1. The van der Waals surface area contributed by atoms with Gasteiger partial charge in [0, 0.05) is 14.6 Å². The van der Waals surface area contributed by atoms with Crippen LogP contribution < -0.4 is 21.3 Å². The van der Waals surface area contributed by atoms with E-state index in [0.29, 0.717) is 22.5 Å². The van der Waals surface area contributed by atoms with Gasteiger partial charge < -0.3 is 26.0 Å². The van der Waals surface area contributed by atoms with Gasteiger partial charge in [-0.15, -0.1) is 0 Å². The second kappa shape index (κ2) is 12.7. The van der Waals surface area contributed by atoms with Crippen LogP contribution in [0.1, 0.15) is 33.9 Å². The Morgan fingerprint density at radius 1 is 1.20 bits per heavy atom. The average molecular weight is 689 g/mol. The fourth-order valence-electron chi connectivity index (χ4n) is 4.03. The molecule has 41 heavy (non-hydrogen) atoms. The molecule has 0 aliphatic carbocycles. The van der Waals surface area contributed by atoms with Gasteiger partial charge in [0.05, 0.1) is 62.0 Å². The summed E-state index contributed by atoms with van der Waals surface area (Å²) < 4.78 is 58.4. The van der Waals surface area contributed by atoms with Gasteiger partial charge in [0.1, 0.15) is 6.17 Å². The number of aromatic nitrogens is 2. The number of hydrogen-bond donors (Lipinski definition) is 5. The highest BCUT2D eigenvalue weighted by Crippen LogP contribution is 2.33. The van der Waals surface area contributed by atoms with Crippen LogP contribution in [-0.2, 0) is 20.5 Å². The van der Waals surface area contributed by atoms with Crippen LogP contribution in [0.3, 0.4) is 0 Å². The maximum absolute atomic E-state index is 13.4. The van der Waals surface area contributed by atoms with E-state index in [1.54, 1.807) is 28.7 Å². The largest absolute Gasteiger partial charge is 0.469 e. The summed E-state index contributed by atoms with van der Waals surface area (Å²) in [5.41, 5.74) is 0.212. The molecule has 3 aromatic rings. The zero-order chi connectivity index (χ0) is 29.7. The van der Waals surface area contributed by atoms with Crippen molar-refractivity contribution < 1.29 is 36.7 Å². The third-order valence-electron chi connectivity index (χ3n) is 6.00.